The molecule has 2 heterocycles. The van der Waals surface area contributed by atoms with Gasteiger partial charge in [0.05, 0.1) is 11.2 Å². The molecule has 2 rings (SSSR count). The van der Waals surface area contributed by atoms with E-state index < -0.39 is 7.12 Å². The summed E-state index contributed by atoms with van der Waals surface area (Å²) in [5.74, 6) is 0. The lowest BCUT2D eigenvalue weighted by Gasteiger charge is -2.32. The average molecular weight is 228 g/mol. The highest BCUT2D eigenvalue weighted by Crippen LogP contribution is 2.36. The Morgan fingerprint density at radius 2 is 1.60 bits per heavy atom. The molecule has 82 valence electrons. The van der Waals surface area contributed by atoms with E-state index in [9.17, 15) is 0 Å². The molecule has 1 aromatic heterocycles. The van der Waals surface area contributed by atoms with Crippen LogP contribution in [0.4, 0.5) is 0 Å². The summed E-state index contributed by atoms with van der Waals surface area (Å²) in [5.41, 5.74) is -0.0907. The Labute approximate surface area is 94.8 Å². The molecule has 0 radical (unpaired) electrons. The molecule has 1 aromatic rings. The predicted molar refractivity (Wildman–Crippen MR) is 59.4 cm³/mol. The first-order chi connectivity index (χ1) is 6.82. The van der Waals surface area contributed by atoms with Crippen molar-refractivity contribution in [2.24, 2.45) is 0 Å². The minimum atomic E-state index is -0.470. The monoisotopic (exact) mass is 228 g/mol. The Hall–Kier alpha value is -0.445. The number of rotatable bonds is 1. The molecule has 3 nitrogen and oxygen atoms in total. The molecule has 5 heteroatoms. The van der Waals surface area contributed by atoms with Gasteiger partial charge in [0.1, 0.15) is 5.66 Å². The Balaban J connectivity index is 2.23. The molecule has 1 fully saturated rings. The molecule has 0 aromatic carbocycles. The lowest BCUT2D eigenvalue weighted by atomic mass is 9.86. The minimum Gasteiger partial charge on any atom is -0.453 e. The molecule has 0 spiro atoms. The van der Waals surface area contributed by atoms with Crippen LogP contribution in [-0.2, 0) is 9.31 Å². The standard InChI is InChI=1S/C10H14BClO3/c1-9(2)10(3,4)15-11(14-9)7-5-6-8(12)13-7/h5-6H,1-4H3. The van der Waals surface area contributed by atoms with Gasteiger partial charge in [0.2, 0.25) is 0 Å². The van der Waals surface area contributed by atoms with Crippen LogP contribution < -0.4 is 5.66 Å². The molecule has 1 saturated heterocycles. The Kier molecular flexibility index (Phi) is 2.41. The molecule has 0 unspecified atom stereocenters. The summed E-state index contributed by atoms with van der Waals surface area (Å²) in [5, 5.41) is 0.347. The quantitative estimate of drug-likeness (QED) is 0.691. The predicted octanol–water partition coefficient (Wildman–Crippen LogP) is 2.23. The third kappa shape index (κ3) is 1.82. The number of hydrogen-bond donors (Lipinski definition) is 0. The van der Waals surface area contributed by atoms with Crippen LogP contribution >= 0.6 is 11.6 Å². The van der Waals surface area contributed by atoms with Crippen molar-refractivity contribution in [1.29, 1.82) is 0 Å². The second-order valence-electron chi connectivity index (χ2n) is 4.73. The molecule has 0 atom stereocenters. The van der Waals surface area contributed by atoms with Crippen LogP contribution in [0.2, 0.25) is 5.22 Å². The van der Waals surface area contributed by atoms with E-state index >= 15 is 0 Å². The summed E-state index contributed by atoms with van der Waals surface area (Å²) in [4.78, 5) is 0. The smallest absolute Gasteiger partial charge is 0.453 e. The van der Waals surface area contributed by atoms with Crippen molar-refractivity contribution in [3.05, 3.63) is 17.4 Å². The molecule has 0 amide bonds. The van der Waals surface area contributed by atoms with E-state index in [1.165, 1.54) is 0 Å². The van der Waals surface area contributed by atoms with Gasteiger partial charge in [-0.25, -0.2) is 0 Å². The van der Waals surface area contributed by atoms with E-state index in [1.54, 1.807) is 12.1 Å². The summed E-state index contributed by atoms with van der Waals surface area (Å²) in [6.45, 7) is 7.99. The van der Waals surface area contributed by atoms with Crippen LogP contribution in [0, 0.1) is 0 Å². The van der Waals surface area contributed by atoms with E-state index in [1.807, 2.05) is 27.7 Å². The lowest BCUT2D eigenvalue weighted by Crippen LogP contribution is -2.41. The number of hydrogen-bond acceptors (Lipinski definition) is 3. The highest BCUT2D eigenvalue weighted by atomic mass is 35.5. The van der Waals surface area contributed by atoms with E-state index in [-0.39, 0.29) is 11.2 Å². The fourth-order valence-electron chi connectivity index (χ4n) is 1.41. The maximum Gasteiger partial charge on any atom is 0.532 e. The van der Waals surface area contributed by atoms with E-state index in [0.717, 1.165) is 0 Å². The van der Waals surface area contributed by atoms with Crippen molar-refractivity contribution in [1.82, 2.24) is 0 Å². The zero-order valence-electron chi connectivity index (χ0n) is 9.33. The first-order valence-electron chi connectivity index (χ1n) is 4.93. The van der Waals surface area contributed by atoms with Crippen molar-refractivity contribution in [2.45, 2.75) is 38.9 Å². The molecule has 15 heavy (non-hydrogen) atoms. The average Bonchev–Trinajstić information content (AvgIpc) is 2.56. The Morgan fingerprint density at radius 3 is 2.00 bits per heavy atom. The van der Waals surface area contributed by atoms with Gasteiger partial charge in [0, 0.05) is 0 Å². The fourth-order valence-corrected chi connectivity index (χ4v) is 1.57. The summed E-state index contributed by atoms with van der Waals surface area (Å²) in [6.07, 6.45) is 0. The van der Waals surface area contributed by atoms with Gasteiger partial charge in [-0.05, 0) is 51.4 Å². The summed E-state index contributed by atoms with van der Waals surface area (Å²) >= 11 is 5.70. The molecule has 0 saturated carbocycles. The second kappa shape index (κ2) is 3.27. The van der Waals surface area contributed by atoms with Gasteiger partial charge in [0.15, 0.2) is 5.22 Å². The van der Waals surface area contributed by atoms with Gasteiger partial charge >= 0.3 is 7.12 Å². The number of halogens is 1. The van der Waals surface area contributed by atoms with Crippen molar-refractivity contribution < 1.29 is 13.7 Å². The molecule has 0 aliphatic carbocycles. The van der Waals surface area contributed by atoms with Crippen molar-refractivity contribution in [3.8, 4) is 0 Å². The van der Waals surface area contributed by atoms with E-state index in [4.69, 9.17) is 25.3 Å². The van der Waals surface area contributed by atoms with Gasteiger partial charge in [-0.3, -0.25) is 0 Å². The first kappa shape index (κ1) is 11.1. The molecular weight excluding hydrogens is 214 g/mol. The van der Waals surface area contributed by atoms with E-state index in [2.05, 4.69) is 0 Å². The van der Waals surface area contributed by atoms with Crippen molar-refractivity contribution in [3.63, 3.8) is 0 Å². The van der Waals surface area contributed by atoms with Gasteiger partial charge < -0.3 is 13.7 Å². The topological polar surface area (TPSA) is 31.6 Å². The zero-order valence-corrected chi connectivity index (χ0v) is 10.1. The highest BCUT2D eigenvalue weighted by molar-refractivity contribution is 6.60. The van der Waals surface area contributed by atoms with Crippen LogP contribution in [0.15, 0.2) is 16.5 Å². The zero-order chi connectivity index (χ0) is 11.3. The number of furan rings is 1. The lowest BCUT2D eigenvalue weighted by molar-refractivity contribution is 0.00578. The summed E-state index contributed by atoms with van der Waals surface area (Å²) in [7, 11) is -0.470. The van der Waals surface area contributed by atoms with Crippen LogP contribution in [0.1, 0.15) is 27.7 Å². The summed E-state index contributed by atoms with van der Waals surface area (Å²) in [6, 6.07) is 3.45. The first-order valence-corrected chi connectivity index (χ1v) is 5.30. The van der Waals surface area contributed by atoms with Gasteiger partial charge in [-0.1, -0.05) is 0 Å². The summed E-state index contributed by atoms with van der Waals surface area (Å²) < 4.78 is 16.8. The largest absolute Gasteiger partial charge is 0.532 e. The van der Waals surface area contributed by atoms with Gasteiger partial charge in [-0.15, -0.1) is 0 Å². The SMILES string of the molecule is CC1(C)OB(c2ccc(Cl)o2)OC1(C)C. The molecule has 1 aliphatic heterocycles. The highest BCUT2D eigenvalue weighted by Gasteiger charge is 2.53. The molecular formula is C10H14BClO3. The molecule has 1 aliphatic rings. The maximum atomic E-state index is 5.79. The van der Waals surface area contributed by atoms with Gasteiger partial charge in [-0.2, -0.15) is 0 Å². The Bertz CT molecular complexity index is 356. The fraction of sp³-hybridized carbons (Fsp3) is 0.600. The van der Waals surface area contributed by atoms with Crippen molar-refractivity contribution >= 4 is 24.4 Å². The van der Waals surface area contributed by atoms with Crippen molar-refractivity contribution in [2.75, 3.05) is 0 Å². The third-order valence-electron chi connectivity index (χ3n) is 3.08. The van der Waals surface area contributed by atoms with Gasteiger partial charge in [0.25, 0.3) is 0 Å². The molecule has 0 N–H and O–H groups in total. The van der Waals surface area contributed by atoms with Crippen LogP contribution in [0.3, 0.4) is 0 Å². The molecule has 0 bridgehead atoms. The van der Waals surface area contributed by atoms with Crippen LogP contribution in [-0.4, -0.2) is 18.3 Å². The normalized spacial score (nSPS) is 23.4. The maximum absolute atomic E-state index is 5.79. The Morgan fingerprint density at radius 1 is 1.07 bits per heavy atom. The van der Waals surface area contributed by atoms with Crippen LogP contribution in [0.25, 0.3) is 0 Å². The third-order valence-corrected chi connectivity index (χ3v) is 3.28. The van der Waals surface area contributed by atoms with E-state index in [0.29, 0.717) is 10.9 Å². The second-order valence-corrected chi connectivity index (χ2v) is 5.10. The van der Waals surface area contributed by atoms with Crippen LogP contribution in [0.5, 0.6) is 0 Å². The minimum absolute atomic E-state index is 0.347.